The number of rotatable bonds is 7. The minimum Gasteiger partial charge on any atom is -0.490 e. The van der Waals surface area contributed by atoms with Gasteiger partial charge in [-0.1, -0.05) is 18.5 Å². The largest absolute Gasteiger partial charge is 0.490 e. The summed E-state index contributed by atoms with van der Waals surface area (Å²) < 4.78 is 46.3. The van der Waals surface area contributed by atoms with Gasteiger partial charge in [-0.25, -0.2) is 0 Å². The summed E-state index contributed by atoms with van der Waals surface area (Å²) in [6.45, 7) is 9.33. The van der Waals surface area contributed by atoms with Crippen LogP contribution < -0.4 is 10.1 Å². The van der Waals surface area contributed by atoms with Crippen molar-refractivity contribution in [1.29, 1.82) is 0 Å². The number of halogens is 4. The predicted octanol–water partition coefficient (Wildman–Crippen LogP) is 5.94. The SMILES string of the molecule is CCc1nn(CC)c(-c2ccc(N[C@H](C)C(F)(F)F)cc2OC(C)C)c1Cl. The second-order valence-corrected chi connectivity index (χ2v) is 6.94. The Bertz CT molecular complexity index is 787. The first kappa shape index (κ1) is 21.4. The third-order valence-corrected chi connectivity index (χ3v) is 4.47. The summed E-state index contributed by atoms with van der Waals surface area (Å²) in [4.78, 5) is 0. The van der Waals surface area contributed by atoms with E-state index in [1.165, 1.54) is 0 Å². The Morgan fingerprint density at radius 1 is 1.22 bits per heavy atom. The molecule has 0 saturated heterocycles. The zero-order chi connectivity index (χ0) is 20.4. The quantitative estimate of drug-likeness (QED) is 0.622. The van der Waals surface area contributed by atoms with Gasteiger partial charge in [0.1, 0.15) is 11.8 Å². The van der Waals surface area contributed by atoms with Crippen LogP contribution in [0.3, 0.4) is 0 Å². The van der Waals surface area contributed by atoms with Crippen molar-refractivity contribution in [3.05, 3.63) is 28.9 Å². The number of nitrogens with one attached hydrogen (secondary N) is 1. The molecule has 1 aromatic heterocycles. The highest BCUT2D eigenvalue weighted by molar-refractivity contribution is 6.33. The van der Waals surface area contributed by atoms with E-state index >= 15 is 0 Å². The fraction of sp³-hybridized carbons (Fsp3) is 0.526. The third-order valence-electron chi connectivity index (χ3n) is 4.07. The van der Waals surface area contributed by atoms with Crippen molar-refractivity contribution in [3.8, 4) is 17.0 Å². The number of ether oxygens (including phenoxy) is 1. The number of hydrogen-bond donors (Lipinski definition) is 1. The van der Waals surface area contributed by atoms with Crippen molar-refractivity contribution in [2.45, 2.75) is 65.9 Å². The Labute approximate surface area is 162 Å². The van der Waals surface area contributed by atoms with Gasteiger partial charge in [0.2, 0.25) is 0 Å². The maximum atomic E-state index is 12.9. The summed E-state index contributed by atoms with van der Waals surface area (Å²) in [5, 5.41) is 7.52. The molecule has 0 amide bonds. The molecule has 0 radical (unpaired) electrons. The number of aromatic nitrogens is 2. The van der Waals surface area contributed by atoms with Crippen LogP contribution in [0.2, 0.25) is 5.02 Å². The van der Waals surface area contributed by atoms with Gasteiger partial charge < -0.3 is 10.1 Å². The summed E-state index contributed by atoms with van der Waals surface area (Å²) in [5.41, 5.74) is 2.51. The van der Waals surface area contributed by atoms with E-state index in [1.807, 2.05) is 27.7 Å². The van der Waals surface area contributed by atoms with Crippen molar-refractivity contribution < 1.29 is 17.9 Å². The topological polar surface area (TPSA) is 39.1 Å². The maximum absolute atomic E-state index is 12.9. The van der Waals surface area contributed by atoms with Gasteiger partial charge in [-0.15, -0.1) is 0 Å². The van der Waals surface area contributed by atoms with Gasteiger partial charge >= 0.3 is 6.18 Å². The molecule has 1 heterocycles. The molecular weight excluding hydrogens is 379 g/mol. The molecule has 0 aliphatic carbocycles. The molecule has 8 heteroatoms. The van der Waals surface area contributed by atoms with E-state index in [0.29, 0.717) is 40.7 Å². The maximum Gasteiger partial charge on any atom is 0.408 e. The first-order valence-corrected chi connectivity index (χ1v) is 9.35. The van der Waals surface area contributed by atoms with Crippen molar-refractivity contribution in [2.24, 2.45) is 0 Å². The molecule has 0 bridgehead atoms. The molecule has 1 N–H and O–H groups in total. The van der Waals surface area contributed by atoms with E-state index in [9.17, 15) is 13.2 Å². The lowest BCUT2D eigenvalue weighted by Gasteiger charge is -2.21. The lowest BCUT2D eigenvalue weighted by molar-refractivity contribution is -0.138. The highest BCUT2D eigenvalue weighted by atomic mass is 35.5. The van der Waals surface area contributed by atoms with Crippen LogP contribution in [0.5, 0.6) is 5.75 Å². The molecule has 2 rings (SSSR count). The van der Waals surface area contributed by atoms with Crippen LogP contribution in [-0.4, -0.2) is 28.1 Å². The molecule has 27 heavy (non-hydrogen) atoms. The molecule has 0 unspecified atom stereocenters. The second kappa shape index (κ2) is 8.42. The molecule has 0 spiro atoms. The van der Waals surface area contributed by atoms with Crippen molar-refractivity contribution in [1.82, 2.24) is 9.78 Å². The van der Waals surface area contributed by atoms with Crippen LogP contribution in [0.25, 0.3) is 11.3 Å². The summed E-state index contributed by atoms with van der Waals surface area (Å²) in [6.07, 6.45) is -3.80. The van der Waals surface area contributed by atoms with Gasteiger partial charge in [-0.3, -0.25) is 4.68 Å². The number of nitrogens with zero attached hydrogens (tertiary/aromatic N) is 2. The zero-order valence-corrected chi connectivity index (χ0v) is 16.9. The number of aryl methyl sites for hydroxylation is 2. The number of benzene rings is 1. The van der Waals surface area contributed by atoms with E-state index in [4.69, 9.17) is 16.3 Å². The van der Waals surface area contributed by atoms with Crippen LogP contribution in [-0.2, 0) is 13.0 Å². The molecule has 1 atom stereocenters. The Balaban J connectivity index is 2.53. The summed E-state index contributed by atoms with van der Waals surface area (Å²) >= 11 is 6.53. The normalized spacial score (nSPS) is 13.1. The van der Waals surface area contributed by atoms with E-state index in [-0.39, 0.29) is 6.10 Å². The van der Waals surface area contributed by atoms with Crippen LogP contribution in [0.1, 0.15) is 40.3 Å². The van der Waals surface area contributed by atoms with E-state index in [2.05, 4.69) is 10.4 Å². The second-order valence-electron chi connectivity index (χ2n) is 6.56. The first-order valence-electron chi connectivity index (χ1n) is 8.97. The van der Waals surface area contributed by atoms with E-state index in [1.54, 1.807) is 22.9 Å². The van der Waals surface area contributed by atoms with Gasteiger partial charge in [0.25, 0.3) is 0 Å². The lowest BCUT2D eigenvalue weighted by atomic mass is 10.1. The average molecular weight is 404 g/mol. The van der Waals surface area contributed by atoms with Gasteiger partial charge in [0.15, 0.2) is 0 Å². The summed E-state index contributed by atoms with van der Waals surface area (Å²) in [6, 6.07) is 3.22. The summed E-state index contributed by atoms with van der Waals surface area (Å²) in [5.74, 6) is 0.462. The summed E-state index contributed by atoms with van der Waals surface area (Å²) in [7, 11) is 0. The average Bonchev–Trinajstić information content (AvgIpc) is 2.89. The molecule has 1 aromatic carbocycles. The zero-order valence-electron chi connectivity index (χ0n) is 16.1. The molecule has 4 nitrogen and oxygen atoms in total. The molecular formula is C19H25ClF3N3O. The lowest BCUT2D eigenvalue weighted by Crippen LogP contribution is -2.33. The fourth-order valence-electron chi connectivity index (χ4n) is 2.69. The molecule has 0 aliphatic rings. The van der Waals surface area contributed by atoms with Gasteiger partial charge in [0.05, 0.1) is 22.5 Å². The Hall–Kier alpha value is -1.89. The minimum absolute atomic E-state index is 0.151. The number of alkyl halides is 3. The van der Waals surface area contributed by atoms with Crippen LogP contribution >= 0.6 is 11.6 Å². The fourth-order valence-corrected chi connectivity index (χ4v) is 3.06. The van der Waals surface area contributed by atoms with Crippen LogP contribution in [0.15, 0.2) is 18.2 Å². The standard InChI is InChI=1S/C19H25ClF3N3O/c1-6-15-17(20)18(26(7-2)25-15)14-9-8-13(10-16(14)27-11(3)4)24-12(5)19(21,22)23/h8-12,24H,6-7H2,1-5H3/t12-/m1/s1. The molecule has 0 aliphatic heterocycles. The van der Waals surface area contributed by atoms with Gasteiger partial charge in [-0.05, 0) is 46.2 Å². The van der Waals surface area contributed by atoms with E-state index < -0.39 is 12.2 Å². The first-order chi connectivity index (χ1) is 12.6. The molecule has 0 saturated carbocycles. The molecule has 150 valence electrons. The Morgan fingerprint density at radius 2 is 1.89 bits per heavy atom. The van der Waals surface area contributed by atoms with Crippen LogP contribution in [0, 0.1) is 0 Å². The van der Waals surface area contributed by atoms with Gasteiger partial charge in [-0.2, -0.15) is 18.3 Å². The third kappa shape index (κ3) is 4.89. The van der Waals surface area contributed by atoms with Crippen molar-refractivity contribution >= 4 is 17.3 Å². The highest BCUT2D eigenvalue weighted by Gasteiger charge is 2.36. The Kier molecular flexibility index (Phi) is 6.68. The molecule has 0 fully saturated rings. The highest BCUT2D eigenvalue weighted by Crippen LogP contribution is 2.39. The van der Waals surface area contributed by atoms with Crippen molar-refractivity contribution in [3.63, 3.8) is 0 Å². The molecule has 2 aromatic rings. The van der Waals surface area contributed by atoms with Crippen LogP contribution in [0.4, 0.5) is 18.9 Å². The number of hydrogen-bond acceptors (Lipinski definition) is 3. The van der Waals surface area contributed by atoms with E-state index in [0.717, 1.165) is 12.6 Å². The minimum atomic E-state index is -4.34. The predicted molar refractivity (Wildman–Crippen MR) is 103 cm³/mol. The smallest absolute Gasteiger partial charge is 0.408 e. The number of anilines is 1. The Morgan fingerprint density at radius 3 is 2.41 bits per heavy atom. The van der Waals surface area contributed by atoms with Gasteiger partial charge in [0, 0.05) is 23.9 Å². The van der Waals surface area contributed by atoms with Crippen molar-refractivity contribution in [2.75, 3.05) is 5.32 Å². The monoisotopic (exact) mass is 403 g/mol.